The standard InChI is InChI=1S/C14H12N2OS/c17-14-12(18-11-6-2-1-3-7-11)10-15-13-8-4-5-9-16(13)14/h1-10,12-13H. The van der Waals surface area contributed by atoms with Gasteiger partial charge in [-0.3, -0.25) is 14.7 Å². The van der Waals surface area contributed by atoms with Crippen molar-refractivity contribution < 1.29 is 4.79 Å². The van der Waals surface area contributed by atoms with Gasteiger partial charge in [-0.1, -0.05) is 24.3 Å². The molecule has 0 saturated carbocycles. The molecule has 3 rings (SSSR count). The van der Waals surface area contributed by atoms with Crippen LogP contribution < -0.4 is 0 Å². The minimum atomic E-state index is -0.236. The monoisotopic (exact) mass is 256 g/mol. The predicted octanol–water partition coefficient (Wildman–Crippen LogP) is 2.47. The van der Waals surface area contributed by atoms with Crippen molar-refractivity contribution in [2.24, 2.45) is 4.99 Å². The largest absolute Gasteiger partial charge is 0.291 e. The lowest BCUT2D eigenvalue weighted by atomic mass is 10.2. The molecule has 2 unspecified atom stereocenters. The first-order valence-electron chi connectivity index (χ1n) is 5.77. The zero-order valence-electron chi connectivity index (χ0n) is 9.64. The third-order valence-corrected chi connectivity index (χ3v) is 3.93. The molecule has 3 nitrogen and oxygen atoms in total. The number of amides is 1. The van der Waals surface area contributed by atoms with E-state index < -0.39 is 0 Å². The maximum atomic E-state index is 12.3. The Morgan fingerprint density at radius 3 is 2.83 bits per heavy atom. The molecule has 0 fully saturated rings. The first-order valence-corrected chi connectivity index (χ1v) is 6.65. The molecular weight excluding hydrogens is 244 g/mol. The summed E-state index contributed by atoms with van der Waals surface area (Å²) in [6, 6.07) is 9.92. The fraction of sp³-hybridized carbons (Fsp3) is 0.143. The summed E-state index contributed by atoms with van der Waals surface area (Å²) in [6.07, 6.45) is 9.08. The van der Waals surface area contributed by atoms with Crippen LogP contribution in [0.2, 0.25) is 0 Å². The molecule has 2 heterocycles. The van der Waals surface area contributed by atoms with Gasteiger partial charge in [0.2, 0.25) is 5.91 Å². The van der Waals surface area contributed by atoms with Crippen LogP contribution in [0.5, 0.6) is 0 Å². The highest BCUT2D eigenvalue weighted by Crippen LogP contribution is 2.27. The number of rotatable bonds is 2. The van der Waals surface area contributed by atoms with Crippen LogP contribution in [-0.2, 0) is 4.79 Å². The molecule has 0 radical (unpaired) electrons. The highest BCUT2D eigenvalue weighted by Gasteiger charge is 2.31. The van der Waals surface area contributed by atoms with E-state index in [1.54, 1.807) is 17.3 Å². The van der Waals surface area contributed by atoms with Crippen LogP contribution in [0.25, 0.3) is 0 Å². The second-order valence-corrected chi connectivity index (χ2v) is 5.25. The second kappa shape index (κ2) is 4.82. The zero-order chi connectivity index (χ0) is 12.4. The minimum Gasteiger partial charge on any atom is -0.291 e. The number of hydrogen-bond donors (Lipinski definition) is 0. The fourth-order valence-corrected chi connectivity index (χ4v) is 2.88. The lowest BCUT2D eigenvalue weighted by Crippen LogP contribution is -2.44. The van der Waals surface area contributed by atoms with Gasteiger partial charge in [-0.25, -0.2) is 0 Å². The van der Waals surface area contributed by atoms with Crippen molar-refractivity contribution in [3.05, 3.63) is 54.8 Å². The van der Waals surface area contributed by atoms with Crippen LogP contribution in [0.15, 0.2) is 64.6 Å². The quantitative estimate of drug-likeness (QED) is 0.814. The highest BCUT2D eigenvalue weighted by molar-refractivity contribution is 8.01. The van der Waals surface area contributed by atoms with E-state index in [9.17, 15) is 4.79 Å². The average Bonchev–Trinajstić information content (AvgIpc) is 2.43. The molecule has 2 aliphatic heterocycles. The van der Waals surface area contributed by atoms with Gasteiger partial charge in [0, 0.05) is 17.3 Å². The van der Waals surface area contributed by atoms with Crippen LogP contribution in [0.1, 0.15) is 0 Å². The van der Waals surface area contributed by atoms with Crippen molar-refractivity contribution in [3.8, 4) is 0 Å². The molecule has 0 bridgehead atoms. The van der Waals surface area contributed by atoms with E-state index in [0.29, 0.717) is 0 Å². The first-order chi connectivity index (χ1) is 8.84. The topological polar surface area (TPSA) is 32.7 Å². The SMILES string of the molecule is O=C1C(Sc2ccccc2)C=NC2C=CC=CN12. The van der Waals surface area contributed by atoms with Crippen molar-refractivity contribution in [2.75, 3.05) is 0 Å². The average molecular weight is 256 g/mol. The molecule has 2 atom stereocenters. The number of benzene rings is 1. The van der Waals surface area contributed by atoms with Gasteiger partial charge in [0.15, 0.2) is 0 Å². The summed E-state index contributed by atoms with van der Waals surface area (Å²) in [4.78, 5) is 19.5. The number of aliphatic imine (C=N–C) groups is 1. The van der Waals surface area contributed by atoms with Crippen LogP contribution in [0, 0.1) is 0 Å². The molecule has 0 aromatic heterocycles. The molecule has 0 saturated heterocycles. The smallest absolute Gasteiger partial charge is 0.247 e. The molecule has 0 N–H and O–H groups in total. The van der Waals surface area contributed by atoms with Gasteiger partial charge in [-0.2, -0.15) is 0 Å². The lowest BCUT2D eigenvalue weighted by molar-refractivity contribution is -0.128. The van der Waals surface area contributed by atoms with Gasteiger partial charge in [0.05, 0.1) is 0 Å². The summed E-state index contributed by atoms with van der Waals surface area (Å²) in [6.45, 7) is 0. The van der Waals surface area contributed by atoms with E-state index in [4.69, 9.17) is 0 Å². The molecule has 2 aliphatic rings. The Bertz CT molecular complexity index is 536. The molecule has 1 amide bonds. The second-order valence-electron chi connectivity index (χ2n) is 4.04. The summed E-state index contributed by atoms with van der Waals surface area (Å²) < 4.78 is 0. The molecule has 4 heteroatoms. The number of nitrogens with zero attached hydrogens (tertiary/aromatic N) is 2. The van der Waals surface area contributed by atoms with E-state index in [2.05, 4.69) is 4.99 Å². The van der Waals surface area contributed by atoms with Gasteiger partial charge in [0.1, 0.15) is 11.4 Å². The molecular formula is C14H12N2OS. The Hall–Kier alpha value is -1.81. The van der Waals surface area contributed by atoms with Gasteiger partial charge < -0.3 is 0 Å². The summed E-state index contributed by atoms with van der Waals surface area (Å²) in [5.41, 5.74) is 0. The molecule has 90 valence electrons. The van der Waals surface area contributed by atoms with Gasteiger partial charge >= 0.3 is 0 Å². The zero-order valence-corrected chi connectivity index (χ0v) is 10.5. The summed E-state index contributed by atoms with van der Waals surface area (Å²) in [5.74, 6) is 0.0875. The van der Waals surface area contributed by atoms with Crippen molar-refractivity contribution >= 4 is 23.9 Å². The van der Waals surface area contributed by atoms with Crippen LogP contribution in [0.4, 0.5) is 0 Å². The van der Waals surface area contributed by atoms with E-state index >= 15 is 0 Å². The fourth-order valence-electron chi connectivity index (χ4n) is 1.92. The Balaban J connectivity index is 1.80. The van der Waals surface area contributed by atoms with Crippen molar-refractivity contribution in [1.82, 2.24) is 4.90 Å². The molecule has 0 aliphatic carbocycles. The van der Waals surface area contributed by atoms with Crippen LogP contribution in [-0.4, -0.2) is 28.4 Å². The number of thioether (sulfide) groups is 1. The molecule has 1 aromatic carbocycles. The van der Waals surface area contributed by atoms with Crippen molar-refractivity contribution in [1.29, 1.82) is 0 Å². The molecule has 18 heavy (non-hydrogen) atoms. The molecule has 1 aromatic rings. The third kappa shape index (κ3) is 2.11. The van der Waals surface area contributed by atoms with Crippen molar-refractivity contribution in [2.45, 2.75) is 16.3 Å². The van der Waals surface area contributed by atoms with Crippen LogP contribution >= 0.6 is 11.8 Å². The summed E-state index contributed by atoms with van der Waals surface area (Å²) >= 11 is 1.53. The Kier molecular flexibility index (Phi) is 3.02. The third-order valence-electron chi connectivity index (χ3n) is 2.80. The van der Waals surface area contributed by atoms with Crippen molar-refractivity contribution in [3.63, 3.8) is 0 Å². The predicted molar refractivity (Wildman–Crippen MR) is 73.5 cm³/mol. The van der Waals surface area contributed by atoms with Gasteiger partial charge in [0.25, 0.3) is 0 Å². The van der Waals surface area contributed by atoms with E-state index in [1.807, 2.05) is 48.6 Å². The lowest BCUT2D eigenvalue weighted by Gasteiger charge is -2.31. The maximum absolute atomic E-state index is 12.3. The Labute approximate surface area is 110 Å². The molecule has 0 spiro atoms. The van der Waals surface area contributed by atoms with Gasteiger partial charge in [-0.05, 0) is 24.3 Å². The Morgan fingerprint density at radius 2 is 2.00 bits per heavy atom. The first kappa shape index (κ1) is 11.3. The maximum Gasteiger partial charge on any atom is 0.247 e. The number of carbonyl (C=O) groups excluding carboxylic acids is 1. The van der Waals surface area contributed by atoms with E-state index in [-0.39, 0.29) is 17.3 Å². The Morgan fingerprint density at radius 1 is 1.17 bits per heavy atom. The normalized spacial score (nSPS) is 25.3. The summed E-state index contributed by atoms with van der Waals surface area (Å²) in [7, 11) is 0. The number of allylic oxidation sites excluding steroid dienone is 2. The number of fused-ring (bicyclic) bond motifs is 1. The minimum absolute atomic E-state index is 0.0875. The number of hydrogen-bond acceptors (Lipinski definition) is 3. The van der Waals surface area contributed by atoms with E-state index in [1.165, 1.54) is 11.8 Å². The van der Waals surface area contributed by atoms with E-state index in [0.717, 1.165) is 4.90 Å². The van der Waals surface area contributed by atoms with Crippen LogP contribution in [0.3, 0.4) is 0 Å². The highest BCUT2D eigenvalue weighted by atomic mass is 32.2. The summed E-state index contributed by atoms with van der Waals surface area (Å²) in [5, 5.41) is -0.236. The number of carbonyl (C=O) groups is 1. The van der Waals surface area contributed by atoms with Gasteiger partial charge in [-0.15, -0.1) is 11.8 Å².